The highest BCUT2D eigenvalue weighted by Gasteiger charge is 2.43. The Hall–Kier alpha value is -1.20. The van der Waals surface area contributed by atoms with Gasteiger partial charge >= 0.3 is 5.97 Å². The van der Waals surface area contributed by atoms with Gasteiger partial charge in [0.2, 0.25) is 11.8 Å². The van der Waals surface area contributed by atoms with E-state index in [1.807, 2.05) is 13.8 Å². The van der Waals surface area contributed by atoms with Crippen LogP contribution >= 0.6 is 0 Å². The molecule has 1 rings (SSSR count). The maximum atomic E-state index is 13.0. The molecule has 0 heterocycles. The fraction of sp³-hybridized carbons (Fsp3) is 0.833. The van der Waals surface area contributed by atoms with Crippen molar-refractivity contribution in [2.45, 2.75) is 51.5 Å². The van der Waals surface area contributed by atoms with Gasteiger partial charge < -0.3 is 10.4 Å². The number of carbonyl (C=O) groups excluding carboxylic acids is 1. The Balaban J connectivity index is 2.54. The van der Waals surface area contributed by atoms with E-state index in [0.717, 1.165) is 0 Å². The minimum Gasteiger partial charge on any atom is -0.480 e. The van der Waals surface area contributed by atoms with E-state index < -0.39 is 36.2 Å². The summed E-state index contributed by atoms with van der Waals surface area (Å²) in [5.41, 5.74) is 0. The first-order valence-corrected chi connectivity index (χ1v) is 6.12. The smallest absolute Gasteiger partial charge is 0.326 e. The monoisotopic (exact) mass is 263 g/mol. The topological polar surface area (TPSA) is 66.4 Å². The summed E-state index contributed by atoms with van der Waals surface area (Å²) in [5, 5.41) is 11.3. The first-order chi connectivity index (χ1) is 8.21. The quantitative estimate of drug-likeness (QED) is 0.797. The third-order valence-corrected chi connectivity index (χ3v) is 3.10. The number of hydrogen-bond acceptors (Lipinski definition) is 2. The van der Waals surface area contributed by atoms with Gasteiger partial charge in [-0.25, -0.2) is 13.6 Å². The Bertz CT molecular complexity index is 331. The molecule has 0 saturated heterocycles. The number of rotatable bonds is 5. The largest absolute Gasteiger partial charge is 0.480 e. The third kappa shape index (κ3) is 4.23. The molecule has 4 nitrogen and oxygen atoms in total. The number of hydrogen-bond donors (Lipinski definition) is 2. The van der Waals surface area contributed by atoms with E-state index in [-0.39, 0.29) is 18.8 Å². The molecule has 18 heavy (non-hydrogen) atoms. The fourth-order valence-corrected chi connectivity index (χ4v) is 2.16. The molecule has 1 aliphatic carbocycles. The summed E-state index contributed by atoms with van der Waals surface area (Å²) >= 11 is 0. The second-order valence-corrected chi connectivity index (χ2v) is 5.32. The van der Waals surface area contributed by atoms with Crippen molar-refractivity contribution in [3.05, 3.63) is 0 Å². The normalized spacial score (nSPS) is 23.9. The van der Waals surface area contributed by atoms with Gasteiger partial charge in [0.15, 0.2) is 0 Å². The second kappa shape index (κ2) is 5.63. The Morgan fingerprint density at radius 1 is 1.44 bits per heavy atom. The molecule has 2 atom stereocenters. The lowest BCUT2D eigenvalue weighted by Crippen LogP contribution is -2.44. The van der Waals surface area contributed by atoms with Crippen molar-refractivity contribution in [2.75, 3.05) is 0 Å². The van der Waals surface area contributed by atoms with Gasteiger partial charge in [0.1, 0.15) is 6.04 Å². The molecule has 1 fully saturated rings. The van der Waals surface area contributed by atoms with Gasteiger partial charge in [0.25, 0.3) is 0 Å². The molecular weight excluding hydrogens is 244 g/mol. The molecule has 0 aliphatic heterocycles. The van der Waals surface area contributed by atoms with E-state index >= 15 is 0 Å². The van der Waals surface area contributed by atoms with E-state index in [0.29, 0.717) is 6.42 Å². The van der Waals surface area contributed by atoms with Crippen molar-refractivity contribution < 1.29 is 23.5 Å². The molecule has 0 aromatic rings. The third-order valence-electron chi connectivity index (χ3n) is 3.10. The van der Waals surface area contributed by atoms with Crippen molar-refractivity contribution in [1.82, 2.24) is 5.32 Å². The van der Waals surface area contributed by atoms with Gasteiger partial charge in [-0.2, -0.15) is 0 Å². The van der Waals surface area contributed by atoms with Crippen LogP contribution in [0.1, 0.15) is 39.5 Å². The number of aliphatic carboxylic acids is 1. The summed E-state index contributed by atoms with van der Waals surface area (Å²) in [4.78, 5) is 22.7. The number of carboxylic acids is 1. The van der Waals surface area contributed by atoms with Crippen LogP contribution in [0.3, 0.4) is 0 Å². The van der Waals surface area contributed by atoms with E-state index in [2.05, 4.69) is 5.32 Å². The van der Waals surface area contributed by atoms with Crippen molar-refractivity contribution in [2.24, 2.45) is 11.8 Å². The molecule has 0 aromatic carbocycles. The van der Waals surface area contributed by atoms with Gasteiger partial charge in [0, 0.05) is 18.8 Å². The van der Waals surface area contributed by atoms with Crippen molar-refractivity contribution >= 4 is 11.9 Å². The molecule has 6 heteroatoms. The highest BCUT2D eigenvalue weighted by molar-refractivity contribution is 5.85. The highest BCUT2D eigenvalue weighted by atomic mass is 19.3. The van der Waals surface area contributed by atoms with Gasteiger partial charge in [0.05, 0.1) is 0 Å². The number of nitrogens with one attached hydrogen (secondary N) is 1. The number of carbonyl (C=O) groups is 2. The van der Waals surface area contributed by atoms with Crippen LogP contribution in [-0.4, -0.2) is 28.9 Å². The minimum atomic E-state index is -2.79. The predicted octanol–water partition coefficient (Wildman–Crippen LogP) is 2.04. The summed E-state index contributed by atoms with van der Waals surface area (Å²) < 4.78 is 25.9. The number of carboxylic acid groups (broad SMARTS) is 1. The Morgan fingerprint density at radius 3 is 2.44 bits per heavy atom. The van der Waals surface area contributed by atoms with E-state index in [4.69, 9.17) is 5.11 Å². The Kier molecular flexibility index (Phi) is 4.65. The summed E-state index contributed by atoms with van der Waals surface area (Å²) in [6.45, 7) is 3.68. The first-order valence-electron chi connectivity index (χ1n) is 6.12. The summed E-state index contributed by atoms with van der Waals surface area (Å²) in [6, 6.07) is -0.994. The van der Waals surface area contributed by atoms with Gasteiger partial charge in [-0.15, -0.1) is 0 Å². The maximum absolute atomic E-state index is 13.0. The molecule has 1 aliphatic rings. The Labute approximate surface area is 105 Å². The minimum absolute atomic E-state index is 0.108. The molecule has 0 bridgehead atoms. The van der Waals surface area contributed by atoms with Crippen LogP contribution in [0.5, 0.6) is 0 Å². The number of amides is 1. The Morgan fingerprint density at radius 2 is 2.06 bits per heavy atom. The van der Waals surface area contributed by atoms with Crippen LogP contribution < -0.4 is 5.32 Å². The summed E-state index contributed by atoms with van der Waals surface area (Å²) in [6.07, 6.45) is -0.364. The lowest BCUT2D eigenvalue weighted by atomic mass is 10.0. The van der Waals surface area contributed by atoms with Crippen LogP contribution in [0, 0.1) is 11.8 Å². The fourth-order valence-electron chi connectivity index (χ4n) is 2.16. The lowest BCUT2D eigenvalue weighted by molar-refractivity contribution is -0.143. The zero-order chi connectivity index (χ0) is 13.9. The zero-order valence-corrected chi connectivity index (χ0v) is 10.6. The molecule has 0 spiro atoms. The van der Waals surface area contributed by atoms with Gasteiger partial charge in [-0.3, -0.25) is 4.79 Å². The molecule has 1 amide bonds. The van der Waals surface area contributed by atoms with Crippen LogP contribution in [0.2, 0.25) is 0 Å². The van der Waals surface area contributed by atoms with Gasteiger partial charge in [-0.1, -0.05) is 13.8 Å². The van der Waals surface area contributed by atoms with Crippen LogP contribution in [0.4, 0.5) is 8.78 Å². The SMILES string of the molecule is CC(C)C[C@@H](NC(=O)C1CCC(F)(F)C1)C(=O)O. The average molecular weight is 263 g/mol. The van der Waals surface area contributed by atoms with Crippen molar-refractivity contribution in [1.29, 1.82) is 0 Å². The average Bonchev–Trinajstić information content (AvgIpc) is 2.57. The van der Waals surface area contributed by atoms with Crippen LogP contribution in [0.25, 0.3) is 0 Å². The van der Waals surface area contributed by atoms with Crippen molar-refractivity contribution in [3.8, 4) is 0 Å². The number of alkyl halides is 2. The maximum Gasteiger partial charge on any atom is 0.326 e. The molecular formula is C12H19F2NO3. The second-order valence-electron chi connectivity index (χ2n) is 5.32. The molecule has 0 radical (unpaired) electrons. The lowest BCUT2D eigenvalue weighted by Gasteiger charge is -2.19. The van der Waals surface area contributed by atoms with E-state index in [1.54, 1.807) is 0 Å². The van der Waals surface area contributed by atoms with Crippen LogP contribution in [0.15, 0.2) is 0 Å². The predicted molar refractivity (Wildman–Crippen MR) is 61.3 cm³/mol. The standard InChI is InChI=1S/C12H19F2NO3/c1-7(2)5-9(11(17)18)15-10(16)8-3-4-12(13,14)6-8/h7-9H,3-6H2,1-2H3,(H,15,16)(H,17,18)/t8?,9-/m1/s1. The molecule has 0 aromatic heterocycles. The van der Waals surface area contributed by atoms with Crippen molar-refractivity contribution in [3.63, 3.8) is 0 Å². The van der Waals surface area contributed by atoms with Crippen LogP contribution in [-0.2, 0) is 9.59 Å². The van der Waals surface area contributed by atoms with E-state index in [9.17, 15) is 18.4 Å². The van der Waals surface area contributed by atoms with E-state index in [1.165, 1.54) is 0 Å². The molecule has 104 valence electrons. The summed E-state index contributed by atoms with van der Waals surface area (Å²) in [7, 11) is 0. The highest BCUT2D eigenvalue weighted by Crippen LogP contribution is 2.38. The molecule has 1 saturated carbocycles. The molecule has 2 N–H and O–H groups in total. The number of halogens is 2. The van der Waals surface area contributed by atoms with Gasteiger partial charge in [-0.05, 0) is 18.8 Å². The zero-order valence-electron chi connectivity index (χ0n) is 10.6. The molecule has 1 unspecified atom stereocenters. The first kappa shape index (κ1) is 14.9. The summed E-state index contributed by atoms with van der Waals surface area (Å²) in [5.74, 6) is -5.15.